The average Bonchev–Trinajstić information content (AvgIpc) is 2.27. The largest absolute Gasteiger partial charge is 0.339 e. The highest BCUT2D eigenvalue weighted by Crippen LogP contribution is 2.30. The molecule has 16 heavy (non-hydrogen) atoms. The molecule has 0 radical (unpaired) electrons. The van der Waals surface area contributed by atoms with Crippen LogP contribution in [0.4, 0.5) is 11.5 Å². The van der Waals surface area contributed by atoms with E-state index in [0.717, 1.165) is 5.69 Å². The van der Waals surface area contributed by atoms with E-state index in [1.807, 2.05) is 30.3 Å². The third kappa shape index (κ3) is 2.64. The van der Waals surface area contributed by atoms with Gasteiger partial charge in [-0.25, -0.2) is 4.98 Å². The van der Waals surface area contributed by atoms with Crippen LogP contribution in [0.5, 0.6) is 0 Å². The Bertz CT molecular complexity index is 505. The molecule has 0 amide bonds. The molecular formula is C10H6BrCl2N3. The third-order valence-corrected chi connectivity index (χ3v) is 3.24. The highest BCUT2D eigenvalue weighted by atomic mass is 79.9. The van der Waals surface area contributed by atoms with Gasteiger partial charge in [0.2, 0.25) is 5.28 Å². The Labute approximate surface area is 111 Å². The molecule has 6 heteroatoms. The molecule has 2 rings (SSSR count). The molecule has 0 saturated carbocycles. The Morgan fingerprint density at radius 2 is 1.75 bits per heavy atom. The smallest absolute Gasteiger partial charge is 0.225 e. The highest BCUT2D eigenvalue weighted by molar-refractivity contribution is 9.10. The van der Waals surface area contributed by atoms with Gasteiger partial charge in [-0.2, -0.15) is 4.98 Å². The van der Waals surface area contributed by atoms with Crippen molar-refractivity contribution in [2.75, 3.05) is 5.32 Å². The van der Waals surface area contributed by atoms with Crippen LogP contribution in [0.2, 0.25) is 10.4 Å². The van der Waals surface area contributed by atoms with Crippen molar-refractivity contribution in [3.63, 3.8) is 0 Å². The van der Waals surface area contributed by atoms with Gasteiger partial charge in [0.25, 0.3) is 0 Å². The summed E-state index contributed by atoms with van der Waals surface area (Å²) in [6.45, 7) is 0. The van der Waals surface area contributed by atoms with E-state index in [4.69, 9.17) is 23.2 Å². The molecule has 0 saturated heterocycles. The number of para-hydroxylation sites is 1. The van der Waals surface area contributed by atoms with E-state index < -0.39 is 0 Å². The van der Waals surface area contributed by atoms with Gasteiger partial charge in [-0.05, 0) is 39.7 Å². The van der Waals surface area contributed by atoms with Crippen molar-refractivity contribution in [3.05, 3.63) is 45.2 Å². The minimum absolute atomic E-state index is 0.103. The van der Waals surface area contributed by atoms with Gasteiger partial charge >= 0.3 is 0 Å². The molecule has 0 unspecified atom stereocenters. The van der Waals surface area contributed by atoms with Crippen molar-refractivity contribution < 1.29 is 0 Å². The van der Waals surface area contributed by atoms with Gasteiger partial charge in [-0.3, -0.25) is 0 Å². The van der Waals surface area contributed by atoms with Gasteiger partial charge in [-0.1, -0.05) is 29.8 Å². The van der Waals surface area contributed by atoms with Crippen LogP contribution < -0.4 is 5.32 Å². The number of anilines is 2. The summed E-state index contributed by atoms with van der Waals surface area (Å²) >= 11 is 14.9. The first-order valence-corrected chi connectivity index (χ1v) is 5.92. The van der Waals surface area contributed by atoms with E-state index in [1.165, 1.54) is 0 Å². The molecule has 1 heterocycles. The molecule has 0 aliphatic rings. The van der Waals surface area contributed by atoms with Crippen LogP contribution in [0, 0.1) is 0 Å². The van der Waals surface area contributed by atoms with Crippen molar-refractivity contribution in [2.45, 2.75) is 0 Å². The van der Waals surface area contributed by atoms with Crippen LogP contribution in [0.25, 0.3) is 0 Å². The number of rotatable bonds is 2. The molecular weight excluding hydrogens is 313 g/mol. The van der Waals surface area contributed by atoms with Crippen LogP contribution >= 0.6 is 39.1 Å². The van der Waals surface area contributed by atoms with E-state index in [2.05, 4.69) is 31.2 Å². The predicted octanol–water partition coefficient (Wildman–Crippen LogP) is 4.29. The van der Waals surface area contributed by atoms with Crippen LogP contribution in [-0.2, 0) is 0 Å². The maximum atomic E-state index is 5.86. The monoisotopic (exact) mass is 317 g/mol. The molecule has 0 atom stereocenters. The van der Waals surface area contributed by atoms with Crippen LogP contribution in [0.15, 0.2) is 34.8 Å². The Hall–Kier alpha value is -0.840. The summed E-state index contributed by atoms with van der Waals surface area (Å²) in [6.07, 6.45) is 0. The summed E-state index contributed by atoms with van der Waals surface area (Å²) in [5.41, 5.74) is 0.897. The van der Waals surface area contributed by atoms with E-state index >= 15 is 0 Å². The summed E-state index contributed by atoms with van der Waals surface area (Å²) in [4.78, 5) is 7.85. The van der Waals surface area contributed by atoms with Crippen molar-refractivity contribution in [1.29, 1.82) is 0 Å². The summed E-state index contributed by atoms with van der Waals surface area (Å²) in [6, 6.07) is 9.59. The summed E-state index contributed by atoms with van der Waals surface area (Å²) in [7, 11) is 0. The standard InChI is InChI=1S/C10H6BrCl2N3/c11-7-8(12)15-10(13)16-9(7)14-6-4-2-1-3-5-6/h1-5H,(H,14,15,16). The van der Waals surface area contributed by atoms with Gasteiger partial charge in [0.1, 0.15) is 5.15 Å². The average molecular weight is 319 g/mol. The Kier molecular flexibility index (Phi) is 3.63. The number of benzene rings is 1. The maximum absolute atomic E-state index is 5.86. The van der Waals surface area contributed by atoms with Gasteiger partial charge in [0.05, 0.1) is 4.47 Å². The molecule has 0 spiro atoms. The minimum Gasteiger partial charge on any atom is -0.339 e. The van der Waals surface area contributed by atoms with Gasteiger partial charge in [0, 0.05) is 5.69 Å². The number of nitrogens with zero attached hydrogens (tertiary/aromatic N) is 2. The number of nitrogens with one attached hydrogen (secondary N) is 1. The van der Waals surface area contributed by atoms with Gasteiger partial charge in [0.15, 0.2) is 5.82 Å². The molecule has 0 aliphatic heterocycles. The molecule has 82 valence electrons. The Balaban J connectivity index is 2.35. The van der Waals surface area contributed by atoms with Crippen LogP contribution in [0.1, 0.15) is 0 Å². The summed E-state index contributed by atoms with van der Waals surface area (Å²) in [5.74, 6) is 0.538. The van der Waals surface area contributed by atoms with Crippen molar-refractivity contribution in [3.8, 4) is 0 Å². The van der Waals surface area contributed by atoms with E-state index in [0.29, 0.717) is 10.3 Å². The van der Waals surface area contributed by atoms with Crippen molar-refractivity contribution in [2.24, 2.45) is 0 Å². The van der Waals surface area contributed by atoms with Gasteiger partial charge < -0.3 is 5.32 Å². The molecule has 2 aromatic rings. The molecule has 0 aliphatic carbocycles. The summed E-state index contributed by atoms with van der Waals surface area (Å²) < 4.78 is 0.586. The number of hydrogen-bond donors (Lipinski definition) is 1. The van der Waals surface area contributed by atoms with E-state index in [-0.39, 0.29) is 10.4 Å². The van der Waals surface area contributed by atoms with Gasteiger partial charge in [-0.15, -0.1) is 0 Å². The van der Waals surface area contributed by atoms with E-state index in [1.54, 1.807) is 0 Å². The lowest BCUT2D eigenvalue weighted by Gasteiger charge is -2.08. The Morgan fingerprint density at radius 3 is 2.44 bits per heavy atom. The lowest BCUT2D eigenvalue weighted by Crippen LogP contribution is -1.97. The molecule has 0 fully saturated rings. The lowest BCUT2D eigenvalue weighted by atomic mass is 10.3. The normalized spacial score (nSPS) is 10.2. The number of hydrogen-bond acceptors (Lipinski definition) is 3. The van der Waals surface area contributed by atoms with E-state index in [9.17, 15) is 0 Å². The maximum Gasteiger partial charge on any atom is 0.225 e. The zero-order valence-electron chi connectivity index (χ0n) is 7.92. The topological polar surface area (TPSA) is 37.8 Å². The molecule has 1 aromatic carbocycles. The predicted molar refractivity (Wildman–Crippen MR) is 69.5 cm³/mol. The zero-order chi connectivity index (χ0) is 11.5. The fourth-order valence-electron chi connectivity index (χ4n) is 1.14. The zero-order valence-corrected chi connectivity index (χ0v) is 11.0. The molecule has 3 nitrogen and oxygen atoms in total. The molecule has 1 N–H and O–H groups in total. The number of aromatic nitrogens is 2. The number of halogens is 3. The first-order valence-electron chi connectivity index (χ1n) is 4.37. The quantitative estimate of drug-likeness (QED) is 0.663. The minimum atomic E-state index is 0.103. The van der Waals surface area contributed by atoms with Crippen LogP contribution in [0.3, 0.4) is 0 Å². The van der Waals surface area contributed by atoms with Crippen LogP contribution in [-0.4, -0.2) is 9.97 Å². The second kappa shape index (κ2) is 4.99. The summed E-state index contributed by atoms with van der Waals surface area (Å²) in [5, 5.41) is 3.47. The SMILES string of the molecule is Clc1nc(Cl)c(Br)c(Nc2ccccc2)n1. The fourth-order valence-corrected chi connectivity index (χ4v) is 1.79. The fraction of sp³-hybridized carbons (Fsp3) is 0. The van der Waals surface area contributed by atoms with Crippen molar-refractivity contribution in [1.82, 2.24) is 9.97 Å². The molecule has 0 bridgehead atoms. The molecule has 1 aromatic heterocycles. The Morgan fingerprint density at radius 1 is 1.06 bits per heavy atom. The second-order valence-electron chi connectivity index (χ2n) is 2.94. The first kappa shape index (κ1) is 11.6. The first-order chi connectivity index (χ1) is 7.66. The highest BCUT2D eigenvalue weighted by Gasteiger charge is 2.09. The lowest BCUT2D eigenvalue weighted by molar-refractivity contribution is 1.15. The second-order valence-corrected chi connectivity index (χ2v) is 4.43. The third-order valence-electron chi connectivity index (χ3n) is 1.82. The van der Waals surface area contributed by atoms with Crippen molar-refractivity contribution >= 4 is 50.6 Å².